The zero-order valence-electron chi connectivity index (χ0n) is 14.1. The Bertz CT molecular complexity index is 563. The standard InChI is InChI=1S/C16H24N4O4/c1-12(2)15(22)20-7-5-19(6-8-20)11-14(21)18-16(23)17-10-13-4-3-9-24-13/h3-4,9,12H,5-8,10-11H2,1-2H3,(H2,17,18,21,23). The molecule has 0 spiro atoms. The monoisotopic (exact) mass is 336 g/mol. The van der Waals surface area contributed by atoms with Crippen LogP contribution in [-0.2, 0) is 16.1 Å². The average Bonchev–Trinajstić information content (AvgIpc) is 3.06. The number of hydrogen-bond acceptors (Lipinski definition) is 5. The van der Waals surface area contributed by atoms with Crippen LogP contribution in [0.25, 0.3) is 0 Å². The maximum atomic E-state index is 11.9. The van der Waals surface area contributed by atoms with Gasteiger partial charge in [0.05, 0.1) is 19.4 Å². The first-order valence-corrected chi connectivity index (χ1v) is 8.07. The second-order valence-electron chi connectivity index (χ2n) is 6.07. The highest BCUT2D eigenvalue weighted by Crippen LogP contribution is 2.06. The highest BCUT2D eigenvalue weighted by atomic mass is 16.3. The van der Waals surface area contributed by atoms with E-state index in [1.165, 1.54) is 6.26 Å². The average molecular weight is 336 g/mol. The van der Waals surface area contributed by atoms with Crippen molar-refractivity contribution in [2.45, 2.75) is 20.4 Å². The molecule has 132 valence electrons. The predicted molar refractivity (Wildman–Crippen MR) is 86.9 cm³/mol. The van der Waals surface area contributed by atoms with Gasteiger partial charge in [0.1, 0.15) is 5.76 Å². The Balaban J connectivity index is 1.66. The number of urea groups is 1. The summed E-state index contributed by atoms with van der Waals surface area (Å²) in [5.74, 6) is 0.369. The molecule has 8 heteroatoms. The van der Waals surface area contributed by atoms with Crippen molar-refractivity contribution in [3.05, 3.63) is 24.2 Å². The summed E-state index contributed by atoms with van der Waals surface area (Å²) in [5, 5.41) is 4.84. The van der Waals surface area contributed by atoms with E-state index in [-0.39, 0.29) is 30.8 Å². The van der Waals surface area contributed by atoms with E-state index >= 15 is 0 Å². The van der Waals surface area contributed by atoms with E-state index in [9.17, 15) is 14.4 Å². The summed E-state index contributed by atoms with van der Waals surface area (Å²) in [5.41, 5.74) is 0. The molecule has 0 radical (unpaired) electrons. The second kappa shape index (κ2) is 8.49. The van der Waals surface area contributed by atoms with E-state index in [4.69, 9.17) is 4.42 Å². The van der Waals surface area contributed by atoms with Crippen molar-refractivity contribution in [1.29, 1.82) is 0 Å². The topological polar surface area (TPSA) is 94.9 Å². The molecule has 2 heterocycles. The van der Waals surface area contributed by atoms with Crippen LogP contribution in [0.5, 0.6) is 0 Å². The Kier molecular flexibility index (Phi) is 6.36. The van der Waals surface area contributed by atoms with Gasteiger partial charge in [-0.05, 0) is 12.1 Å². The maximum Gasteiger partial charge on any atom is 0.321 e. The van der Waals surface area contributed by atoms with Gasteiger partial charge in [0, 0.05) is 32.1 Å². The largest absolute Gasteiger partial charge is 0.467 e. The van der Waals surface area contributed by atoms with E-state index in [1.807, 2.05) is 23.6 Å². The van der Waals surface area contributed by atoms with Gasteiger partial charge in [-0.3, -0.25) is 19.8 Å². The SMILES string of the molecule is CC(C)C(=O)N1CCN(CC(=O)NC(=O)NCc2ccco2)CC1. The van der Waals surface area contributed by atoms with Crippen LogP contribution >= 0.6 is 0 Å². The summed E-state index contributed by atoms with van der Waals surface area (Å²) in [7, 11) is 0. The number of amides is 4. The first-order valence-electron chi connectivity index (χ1n) is 8.07. The van der Waals surface area contributed by atoms with E-state index in [2.05, 4.69) is 10.6 Å². The van der Waals surface area contributed by atoms with Gasteiger partial charge in [0.15, 0.2) is 0 Å². The molecule has 1 aromatic rings. The molecular formula is C16H24N4O4. The molecule has 8 nitrogen and oxygen atoms in total. The van der Waals surface area contributed by atoms with Crippen LogP contribution in [-0.4, -0.2) is 60.4 Å². The number of imide groups is 1. The molecule has 4 amide bonds. The van der Waals surface area contributed by atoms with Crippen LogP contribution in [0.15, 0.2) is 22.8 Å². The molecule has 0 aromatic carbocycles. The molecule has 0 saturated carbocycles. The van der Waals surface area contributed by atoms with Crippen LogP contribution in [0.2, 0.25) is 0 Å². The lowest BCUT2D eigenvalue weighted by Gasteiger charge is -2.35. The lowest BCUT2D eigenvalue weighted by molar-refractivity contribution is -0.136. The van der Waals surface area contributed by atoms with Crippen molar-refractivity contribution in [3.8, 4) is 0 Å². The molecule has 2 rings (SSSR count). The minimum absolute atomic E-state index is 0.0160. The summed E-state index contributed by atoms with van der Waals surface area (Å²) in [6.45, 7) is 6.58. The van der Waals surface area contributed by atoms with Gasteiger partial charge in [-0.25, -0.2) is 4.79 Å². The number of rotatable bonds is 5. The Hall–Kier alpha value is -2.35. The summed E-state index contributed by atoms with van der Waals surface area (Å²) in [4.78, 5) is 39.2. The normalized spacial score (nSPS) is 15.4. The number of furan rings is 1. The second-order valence-corrected chi connectivity index (χ2v) is 6.07. The van der Waals surface area contributed by atoms with E-state index in [1.54, 1.807) is 12.1 Å². The van der Waals surface area contributed by atoms with Gasteiger partial charge < -0.3 is 14.6 Å². The number of nitrogens with one attached hydrogen (secondary N) is 2. The van der Waals surface area contributed by atoms with Crippen molar-refractivity contribution < 1.29 is 18.8 Å². The third kappa shape index (κ3) is 5.38. The van der Waals surface area contributed by atoms with Crippen LogP contribution in [0.4, 0.5) is 4.79 Å². The van der Waals surface area contributed by atoms with Crippen LogP contribution in [0.3, 0.4) is 0 Å². The van der Waals surface area contributed by atoms with E-state index in [0.717, 1.165) is 0 Å². The van der Waals surface area contributed by atoms with Crippen LogP contribution < -0.4 is 10.6 Å². The van der Waals surface area contributed by atoms with Crippen molar-refractivity contribution in [2.75, 3.05) is 32.7 Å². The first kappa shape index (κ1) is 18.0. The molecule has 0 aliphatic carbocycles. The van der Waals surface area contributed by atoms with E-state index < -0.39 is 6.03 Å². The highest BCUT2D eigenvalue weighted by Gasteiger charge is 2.24. The third-order valence-corrected chi connectivity index (χ3v) is 3.80. The van der Waals surface area contributed by atoms with Crippen molar-refractivity contribution >= 4 is 17.8 Å². The van der Waals surface area contributed by atoms with Crippen LogP contribution in [0.1, 0.15) is 19.6 Å². The lowest BCUT2D eigenvalue weighted by atomic mass is 10.1. The van der Waals surface area contributed by atoms with Gasteiger partial charge in [-0.15, -0.1) is 0 Å². The zero-order valence-corrected chi connectivity index (χ0v) is 14.1. The number of hydrogen-bond donors (Lipinski definition) is 2. The van der Waals surface area contributed by atoms with Gasteiger partial charge >= 0.3 is 6.03 Å². The van der Waals surface area contributed by atoms with Gasteiger partial charge in [-0.2, -0.15) is 0 Å². The summed E-state index contributed by atoms with van der Waals surface area (Å²) in [6, 6.07) is 2.91. The Morgan fingerprint density at radius 3 is 2.50 bits per heavy atom. The molecule has 2 N–H and O–H groups in total. The number of carbonyl (C=O) groups is 3. The number of nitrogens with zero attached hydrogens (tertiary/aromatic N) is 2. The first-order chi connectivity index (χ1) is 11.5. The Labute approximate surface area is 141 Å². The Morgan fingerprint density at radius 2 is 1.92 bits per heavy atom. The van der Waals surface area contributed by atoms with Gasteiger partial charge in [0.2, 0.25) is 11.8 Å². The molecule has 24 heavy (non-hydrogen) atoms. The predicted octanol–water partition coefficient (Wildman–Crippen LogP) is 0.406. The number of piperazine rings is 1. The fourth-order valence-corrected chi connectivity index (χ4v) is 2.49. The quantitative estimate of drug-likeness (QED) is 0.812. The van der Waals surface area contributed by atoms with Crippen LogP contribution in [0, 0.1) is 5.92 Å². The molecule has 1 saturated heterocycles. The molecule has 1 fully saturated rings. The smallest absolute Gasteiger partial charge is 0.321 e. The molecule has 0 atom stereocenters. The summed E-state index contributed by atoms with van der Waals surface area (Å²) in [6.07, 6.45) is 1.52. The van der Waals surface area contributed by atoms with Crippen molar-refractivity contribution in [1.82, 2.24) is 20.4 Å². The molecule has 0 unspecified atom stereocenters. The summed E-state index contributed by atoms with van der Waals surface area (Å²) < 4.78 is 5.09. The molecule has 1 aromatic heterocycles. The van der Waals surface area contributed by atoms with Crippen molar-refractivity contribution in [2.24, 2.45) is 5.92 Å². The minimum Gasteiger partial charge on any atom is -0.467 e. The van der Waals surface area contributed by atoms with Gasteiger partial charge in [0.25, 0.3) is 0 Å². The molecule has 1 aliphatic rings. The fourth-order valence-electron chi connectivity index (χ4n) is 2.49. The highest BCUT2D eigenvalue weighted by molar-refractivity contribution is 5.95. The lowest BCUT2D eigenvalue weighted by Crippen LogP contribution is -2.52. The molecular weight excluding hydrogens is 312 g/mol. The van der Waals surface area contributed by atoms with Gasteiger partial charge in [-0.1, -0.05) is 13.8 Å². The molecule has 0 bridgehead atoms. The summed E-state index contributed by atoms with van der Waals surface area (Å²) >= 11 is 0. The maximum absolute atomic E-state index is 11.9. The fraction of sp³-hybridized carbons (Fsp3) is 0.562. The van der Waals surface area contributed by atoms with E-state index in [0.29, 0.717) is 31.9 Å². The third-order valence-electron chi connectivity index (χ3n) is 3.80. The molecule has 1 aliphatic heterocycles. The van der Waals surface area contributed by atoms with Crippen molar-refractivity contribution in [3.63, 3.8) is 0 Å². The minimum atomic E-state index is -0.551. The number of carbonyl (C=O) groups excluding carboxylic acids is 3. The zero-order chi connectivity index (χ0) is 17.5. The Morgan fingerprint density at radius 1 is 1.21 bits per heavy atom.